The molecular weight excluding hydrogens is 426 g/mol. The van der Waals surface area contributed by atoms with E-state index < -0.39 is 0 Å². The van der Waals surface area contributed by atoms with Gasteiger partial charge in [0.1, 0.15) is 5.75 Å². The standard InChI is InChI=1S/C13H16Br3NO/c14-9-7-11(15)13(12(16)8-9)18-6-2-4-10-3-1-5-17-10/h7-8,10,17H,1-6H2. The lowest BCUT2D eigenvalue weighted by Crippen LogP contribution is -2.21. The minimum Gasteiger partial charge on any atom is -0.491 e. The molecule has 1 N–H and O–H groups in total. The quantitative estimate of drug-likeness (QED) is 0.657. The molecule has 0 amide bonds. The highest BCUT2D eigenvalue weighted by atomic mass is 79.9. The van der Waals surface area contributed by atoms with Crippen molar-refractivity contribution in [2.75, 3.05) is 13.2 Å². The molecule has 18 heavy (non-hydrogen) atoms. The predicted octanol–water partition coefficient (Wildman–Crippen LogP) is 4.89. The lowest BCUT2D eigenvalue weighted by Gasteiger charge is -2.13. The molecule has 1 atom stereocenters. The maximum absolute atomic E-state index is 5.84. The highest BCUT2D eigenvalue weighted by molar-refractivity contribution is 9.11. The Labute approximate surface area is 133 Å². The molecule has 2 rings (SSSR count). The maximum atomic E-state index is 5.84. The Balaban J connectivity index is 1.79. The number of rotatable bonds is 5. The summed E-state index contributed by atoms with van der Waals surface area (Å²) in [6, 6.07) is 4.70. The van der Waals surface area contributed by atoms with Crippen LogP contribution < -0.4 is 10.1 Å². The third kappa shape index (κ3) is 4.22. The van der Waals surface area contributed by atoms with E-state index in [0.29, 0.717) is 6.04 Å². The molecule has 1 aromatic rings. The average molecular weight is 442 g/mol. The molecule has 0 aliphatic carbocycles. The Morgan fingerprint density at radius 3 is 2.56 bits per heavy atom. The summed E-state index contributed by atoms with van der Waals surface area (Å²) >= 11 is 10.5. The molecule has 0 saturated carbocycles. The van der Waals surface area contributed by atoms with Crippen LogP contribution in [0.4, 0.5) is 0 Å². The van der Waals surface area contributed by atoms with E-state index in [0.717, 1.165) is 32.2 Å². The molecule has 2 nitrogen and oxygen atoms in total. The Bertz CT molecular complexity index is 382. The molecule has 0 aromatic heterocycles. The third-order valence-electron chi connectivity index (χ3n) is 3.07. The van der Waals surface area contributed by atoms with Crippen LogP contribution in [0.15, 0.2) is 25.6 Å². The van der Waals surface area contributed by atoms with Gasteiger partial charge in [-0.15, -0.1) is 0 Å². The fraction of sp³-hybridized carbons (Fsp3) is 0.538. The number of halogens is 3. The third-order valence-corrected chi connectivity index (χ3v) is 4.70. The van der Waals surface area contributed by atoms with Crippen molar-refractivity contribution in [1.82, 2.24) is 5.32 Å². The molecule has 1 fully saturated rings. The molecule has 0 spiro atoms. The van der Waals surface area contributed by atoms with Crippen molar-refractivity contribution in [3.63, 3.8) is 0 Å². The molecule has 0 radical (unpaired) electrons. The molecule has 1 heterocycles. The average Bonchev–Trinajstić information content (AvgIpc) is 2.79. The van der Waals surface area contributed by atoms with Crippen molar-refractivity contribution in [2.24, 2.45) is 0 Å². The lowest BCUT2D eigenvalue weighted by atomic mass is 10.1. The molecular formula is C13H16Br3NO. The molecule has 1 unspecified atom stereocenters. The van der Waals surface area contributed by atoms with Crippen molar-refractivity contribution in [3.8, 4) is 5.75 Å². The molecule has 1 aromatic carbocycles. The van der Waals surface area contributed by atoms with Gasteiger partial charge in [-0.05, 0) is 76.2 Å². The van der Waals surface area contributed by atoms with Gasteiger partial charge >= 0.3 is 0 Å². The number of ether oxygens (including phenoxy) is 1. The molecule has 1 saturated heterocycles. The molecule has 1 aliphatic rings. The van der Waals surface area contributed by atoms with Crippen molar-refractivity contribution in [2.45, 2.75) is 31.7 Å². The van der Waals surface area contributed by atoms with Gasteiger partial charge in [0, 0.05) is 10.5 Å². The van der Waals surface area contributed by atoms with Gasteiger partial charge < -0.3 is 10.1 Å². The fourth-order valence-electron chi connectivity index (χ4n) is 2.17. The van der Waals surface area contributed by atoms with Gasteiger partial charge in [0.25, 0.3) is 0 Å². The largest absolute Gasteiger partial charge is 0.491 e. The highest BCUT2D eigenvalue weighted by Crippen LogP contribution is 2.36. The number of benzene rings is 1. The predicted molar refractivity (Wildman–Crippen MR) is 85.3 cm³/mol. The Morgan fingerprint density at radius 1 is 1.22 bits per heavy atom. The Kier molecular flexibility index (Phi) is 5.98. The SMILES string of the molecule is Brc1cc(Br)c(OCCCC2CCCN2)c(Br)c1. The van der Waals surface area contributed by atoms with Gasteiger partial charge in [-0.1, -0.05) is 15.9 Å². The van der Waals surface area contributed by atoms with Gasteiger partial charge in [-0.2, -0.15) is 0 Å². The first-order chi connectivity index (χ1) is 8.66. The van der Waals surface area contributed by atoms with Crippen LogP contribution in [0, 0.1) is 0 Å². The van der Waals surface area contributed by atoms with Crippen molar-refractivity contribution in [3.05, 3.63) is 25.6 Å². The van der Waals surface area contributed by atoms with Crippen LogP contribution in [0.3, 0.4) is 0 Å². The molecule has 100 valence electrons. The second-order valence-electron chi connectivity index (χ2n) is 4.48. The van der Waals surface area contributed by atoms with Crippen LogP contribution in [0.2, 0.25) is 0 Å². The van der Waals surface area contributed by atoms with Gasteiger partial charge in [-0.3, -0.25) is 0 Å². The summed E-state index contributed by atoms with van der Waals surface area (Å²) in [5.74, 6) is 0.887. The van der Waals surface area contributed by atoms with E-state index in [4.69, 9.17) is 4.74 Å². The minimum atomic E-state index is 0.699. The summed E-state index contributed by atoms with van der Waals surface area (Å²) in [5, 5.41) is 3.51. The van der Waals surface area contributed by atoms with Crippen LogP contribution in [0.25, 0.3) is 0 Å². The Hall–Kier alpha value is 0.420. The van der Waals surface area contributed by atoms with Gasteiger partial charge in [0.05, 0.1) is 15.6 Å². The smallest absolute Gasteiger partial charge is 0.147 e. The van der Waals surface area contributed by atoms with E-state index in [1.54, 1.807) is 0 Å². The summed E-state index contributed by atoms with van der Waals surface area (Å²) < 4.78 is 8.82. The summed E-state index contributed by atoms with van der Waals surface area (Å²) in [6.07, 6.45) is 4.92. The summed E-state index contributed by atoms with van der Waals surface area (Å²) in [5.41, 5.74) is 0. The number of nitrogens with one attached hydrogen (secondary N) is 1. The van der Waals surface area contributed by atoms with Crippen LogP contribution in [-0.2, 0) is 0 Å². The topological polar surface area (TPSA) is 21.3 Å². The molecule has 0 bridgehead atoms. The van der Waals surface area contributed by atoms with Crippen LogP contribution in [-0.4, -0.2) is 19.2 Å². The van der Waals surface area contributed by atoms with E-state index in [9.17, 15) is 0 Å². The number of hydrogen-bond acceptors (Lipinski definition) is 2. The monoisotopic (exact) mass is 439 g/mol. The second-order valence-corrected chi connectivity index (χ2v) is 7.11. The van der Waals surface area contributed by atoms with E-state index >= 15 is 0 Å². The first-order valence-corrected chi connectivity index (χ1v) is 8.55. The zero-order chi connectivity index (χ0) is 13.0. The van der Waals surface area contributed by atoms with E-state index in [1.807, 2.05) is 12.1 Å². The molecule has 1 aliphatic heterocycles. The number of hydrogen-bond donors (Lipinski definition) is 1. The van der Waals surface area contributed by atoms with Crippen molar-refractivity contribution in [1.29, 1.82) is 0 Å². The second kappa shape index (κ2) is 7.27. The van der Waals surface area contributed by atoms with Gasteiger partial charge in [0.15, 0.2) is 0 Å². The maximum Gasteiger partial charge on any atom is 0.147 e. The normalized spacial score (nSPS) is 19.2. The van der Waals surface area contributed by atoms with Crippen LogP contribution in [0.5, 0.6) is 5.75 Å². The van der Waals surface area contributed by atoms with E-state index in [-0.39, 0.29) is 0 Å². The van der Waals surface area contributed by atoms with Gasteiger partial charge in [-0.25, -0.2) is 0 Å². The van der Waals surface area contributed by atoms with E-state index in [1.165, 1.54) is 25.8 Å². The highest BCUT2D eigenvalue weighted by Gasteiger charge is 2.13. The van der Waals surface area contributed by atoms with Gasteiger partial charge in [0.2, 0.25) is 0 Å². The first kappa shape index (κ1) is 14.8. The zero-order valence-electron chi connectivity index (χ0n) is 10.0. The van der Waals surface area contributed by atoms with E-state index in [2.05, 4.69) is 53.1 Å². The molecule has 5 heteroatoms. The zero-order valence-corrected chi connectivity index (χ0v) is 14.8. The fourth-order valence-corrected chi connectivity index (χ4v) is 4.66. The summed E-state index contributed by atoms with van der Waals surface area (Å²) in [4.78, 5) is 0. The lowest BCUT2D eigenvalue weighted by molar-refractivity contribution is 0.295. The summed E-state index contributed by atoms with van der Waals surface area (Å²) in [7, 11) is 0. The summed E-state index contributed by atoms with van der Waals surface area (Å²) in [6.45, 7) is 1.94. The Morgan fingerprint density at radius 2 is 1.94 bits per heavy atom. The van der Waals surface area contributed by atoms with Crippen molar-refractivity contribution >= 4 is 47.8 Å². The van der Waals surface area contributed by atoms with Crippen LogP contribution in [0.1, 0.15) is 25.7 Å². The van der Waals surface area contributed by atoms with Crippen molar-refractivity contribution < 1.29 is 4.74 Å². The first-order valence-electron chi connectivity index (χ1n) is 6.17. The van der Waals surface area contributed by atoms with Crippen LogP contribution >= 0.6 is 47.8 Å². The minimum absolute atomic E-state index is 0.699.